The van der Waals surface area contributed by atoms with Gasteiger partial charge < -0.3 is 24.1 Å². The van der Waals surface area contributed by atoms with E-state index in [2.05, 4.69) is 22.3 Å². The van der Waals surface area contributed by atoms with E-state index < -0.39 is 0 Å². The van der Waals surface area contributed by atoms with Gasteiger partial charge in [-0.05, 0) is 44.1 Å². The zero-order valence-corrected chi connectivity index (χ0v) is 26.4. The van der Waals surface area contributed by atoms with Crippen molar-refractivity contribution in [2.75, 3.05) is 59.5 Å². The number of aromatic nitrogens is 3. The highest BCUT2D eigenvalue weighted by molar-refractivity contribution is 5.72. The highest BCUT2D eigenvalue weighted by Crippen LogP contribution is 2.30. The first-order valence-corrected chi connectivity index (χ1v) is 16.1. The molecule has 10 heteroatoms. The Morgan fingerprint density at radius 2 is 1.67 bits per heavy atom. The first-order valence-electron chi connectivity index (χ1n) is 16.1. The summed E-state index contributed by atoms with van der Waals surface area (Å²) >= 11 is 0. The number of benzene rings is 2. The van der Waals surface area contributed by atoms with Crippen LogP contribution in [0.25, 0.3) is 16.9 Å². The number of imidazole rings is 1. The molecule has 6 rings (SSSR count). The third-order valence-corrected chi connectivity index (χ3v) is 8.21. The summed E-state index contributed by atoms with van der Waals surface area (Å²) in [6.45, 7) is 6.26. The second-order valence-electron chi connectivity index (χ2n) is 11.5. The van der Waals surface area contributed by atoms with E-state index in [1.807, 2.05) is 83.2 Å². The summed E-state index contributed by atoms with van der Waals surface area (Å²) in [7, 11) is 1.92. The van der Waals surface area contributed by atoms with Crippen LogP contribution in [0.3, 0.4) is 0 Å². The number of hydrogen-bond acceptors (Lipinski definition) is 8. The number of carbonyl (C=O) groups is 1. The van der Waals surface area contributed by atoms with Crippen LogP contribution in [0, 0.1) is 0 Å². The van der Waals surface area contributed by atoms with Crippen LogP contribution in [-0.2, 0) is 17.6 Å². The first kappa shape index (κ1) is 31.5. The zero-order valence-electron chi connectivity index (χ0n) is 26.4. The van der Waals surface area contributed by atoms with Gasteiger partial charge in [-0.15, -0.1) is 0 Å². The van der Waals surface area contributed by atoms with Crippen molar-refractivity contribution in [1.82, 2.24) is 29.5 Å². The predicted molar refractivity (Wildman–Crippen MR) is 177 cm³/mol. The van der Waals surface area contributed by atoms with Crippen molar-refractivity contribution in [3.63, 3.8) is 0 Å². The average molecular weight is 623 g/mol. The second kappa shape index (κ2) is 15.7. The standard InChI is InChI=1S/C36H42N6O4/c1-37-16-9-18-41(19-10-17-40-20-23-44-24-21-40)36(43)46-35-32(26-30-15-8-22-45-30)39-34-31(25-28-11-4-2-5-12-28)38-33(27-42(34)35)29-13-6-3-7-14-29/h2-8,11-15,22,27,37H,9-10,16-21,23-26H2,1H3. The number of ether oxygens (including phenoxy) is 2. The maximum atomic E-state index is 14.0. The van der Waals surface area contributed by atoms with Crippen molar-refractivity contribution < 1.29 is 18.7 Å². The fourth-order valence-corrected chi connectivity index (χ4v) is 5.79. The summed E-state index contributed by atoms with van der Waals surface area (Å²) < 4.78 is 19.4. The summed E-state index contributed by atoms with van der Waals surface area (Å²) in [6.07, 6.45) is 5.80. The fourth-order valence-electron chi connectivity index (χ4n) is 5.79. The Hall–Kier alpha value is -4.51. The van der Waals surface area contributed by atoms with Gasteiger partial charge in [0, 0.05) is 50.9 Å². The van der Waals surface area contributed by atoms with Crippen LogP contribution < -0.4 is 10.1 Å². The quantitative estimate of drug-likeness (QED) is 0.167. The molecule has 3 aromatic heterocycles. The van der Waals surface area contributed by atoms with E-state index in [0.29, 0.717) is 43.2 Å². The molecule has 0 saturated carbocycles. The zero-order chi connectivity index (χ0) is 31.6. The molecule has 1 N–H and O–H groups in total. The van der Waals surface area contributed by atoms with Gasteiger partial charge in [0.15, 0.2) is 5.65 Å². The van der Waals surface area contributed by atoms with Crippen LogP contribution >= 0.6 is 0 Å². The molecule has 1 amide bonds. The molecular formula is C36H42N6O4. The molecule has 1 saturated heterocycles. The topological polar surface area (TPSA) is 97.4 Å². The van der Waals surface area contributed by atoms with E-state index in [4.69, 9.17) is 23.9 Å². The Balaban J connectivity index is 1.36. The number of hydrogen-bond donors (Lipinski definition) is 1. The molecule has 4 heterocycles. The number of nitrogens with zero attached hydrogens (tertiary/aromatic N) is 5. The summed E-state index contributed by atoms with van der Waals surface area (Å²) in [4.78, 5) is 28.3. The van der Waals surface area contributed by atoms with E-state index in [9.17, 15) is 4.79 Å². The van der Waals surface area contributed by atoms with E-state index in [1.165, 1.54) is 0 Å². The third kappa shape index (κ3) is 8.00. The molecule has 46 heavy (non-hydrogen) atoms. The molecule has 1 fully saturated rings. The molecule has 10 nitrogen and oxygen atoms in total. The Labute approximate surface area is 270 Å². The average Bonchev–Trinajstić information content (AvgIpc) is 3.73. The van der Waals surface area contributed by atoms with Gasteiger partial charge in [0.25, 0.3) is 0 Å². The van der Waals surface area contributed by atoms with Gasteiger partial charge in [-0.3, -0.25) is 9.30 Å². The summed E-state index contributed by atoms with van der Waals surface area (Å²) in [6, 6.07) is 24.0. The van der Waals surface area contributed by atoms with Gasteiger partial charge in [-0.2, -0.15) is 0 Å². The highest BCUT2D eigenvalue weighted by atomic mass is 16.6. The summed E-state index contributed by atoms with van der Waals surface area (Å²) in [5, 5.41) is 3.19. The van der Waals surface area contributed by atoms with Crippen molar-refractivity contribution in [3.05, 3.63) is 108 Å². The van der Waals surface area contributed by atoms with Crippen molar-refractivity contribution in [2.45, 2.75) is 25.7 Å². The van der Waals surface area contributed by atoms with Gasteiger partial charge in [-0.1, -0.05) is 60.7 Å². The molecule has 1 aliphatic heterocycles. The highest BCUT2D eigenvalue weighted by Gasteiger charge is 2.25. The second-order valence-corrected chi connectivity index (χ2v) is 11.5. The predicted octanol–water partition coefficient (Wildman–Crippen LogP) is 5.30. The van der Waals surface area contributed by atoms with E-state index in [1.54, 1.807) is 6.26 Å². The van der Waals surface area contributed by atoms with Gasteiger partial charge in [0.05, 0.1) is 37.3 Å². The molecule has 0 aliphatic carbocycles. The van der Waals surface area contributed by atoms with E-state index in [0.717, 1.165) is 80.5 Å². The van der Waals surface area contributed by atoms with Crippen molar-refractivity contribution in [3.8, 4) is 17.1 Å². The lowest BCUT2D eigenvalue weighted by Crippen LogP contribution is -2.40. The smallest absolute Gasteiger partial charge is 0.416 e. The minimum atomic E-state index is -0.386. The monoisotopic (exact) mass is 622 g/mol. The van der Waals surface area contributed by atoms with Gasteiger partial charge >= 0.3 is 6.09 Å². The maximum Gasteiger partial charge on any atom is 0.416 e. The number of morpholine rings is 1. The number of fused-ring (bicyclic) bond motifs is 1. The van der Waals surface area contributed by atoms with Gasteiger partial charge in [0.2, 0.25) is 5.88 Å². The van der Waals surface area contributed by atoms with E-state index in [-0.39, 0.29) is 6.09 Å². The maximum absolute atomic E-state index is 14.0. The number of amides is 1. The van der Waals surface area contributed by atoms with Crippen LogP contribution in [-0.4, -0.2) is 89.8 Å². The number of furan rings is 1. The summed E-state index contributed by atoms with van der Waals surface area (Å²) in [5.41, 5.74) is 4.93. The van der Waals surface area contributed by atoms with Crippen LogP contribution in [0.2, 0.25) is 0 Å². The molecule has 0 atom stereocenters. The molecule has 0 spiro atoms. The lowest BCUT2D eigenvalue weighted by atomic mass is 10.1. The Bertz CT molecular complexity index is 1670. The lowest BCUT2D eigenvalue weighted by molar-refractivity contribution is 0.0362. The number of nitrogens with one attached hydrogen (secondary N) is 1. The lowest BCUT2D eigenvalue weighted by Gasteiger charge is -2.28. The third-order valence-electron chi connectivity index (χ3n) is 8.21. The van der Waals surface area contributed by atoms with Gasteiger partial charge in [0.1, 0.15) is 11.5 Å². The molecular weight excluding hydrogens is 580 g/mol. The van der Waals surface area contributed by atoms with Crippen LogP contribution in [0.15, 0.2) is 89.7 Å². The minimum Gasteiger partial charge on any atom is -0.469 e. The van der Waals surface area contributed by atoms with E-state index >= 15 is 0 Å². The van der Waals surface area contributed by atoms with Crippen LogP contribution in [0.1, 0.15) is 35.6 Å². The molecule has 1 aliphatic rings. The Morgan fingerprint density at radius 1 is 0.913 bits per heavy atom. The van der Waals surface area contributed by atoms with Crippen LogP contribution in [0.4, 0.5) is 4.79 Å². The molecule has 0 radical (unpaired) electrons. The van der Waals surface area contributed by atoms with Crippen molar-refractivity contribution in [2.24, 2.45) is 0 Å². The SMILES string of the molecule is CNCCCN(CCCN1CCOCC1)C(=O)Oc1c(Cc2ccco2)nc2c(Cc3ccccc3)nc(-c3ccccc3)cn12. The minimum absolute atomic E-state index is 0.375. The largest absolute Gasteiger partial charge is 0.469 e. The molecule has 5 aromatic rings. The summed E-state index contributed by atoms with van der Waals surface area (Å²) in [5.74, 6) is 1.12. The van der Waals surface area contributed by atoms with Gasteiger partial charge in [-0.25, -0.2) is 14.8 Å². The first-order chi connectivity index (χ1) is 22.7. The Kier molecular flexibility index (Phi) is 10.7. The number of carbonyl (C=O) groups excluding carboxylic acids is 1. The van der Waals surface area contributed by atoms with Crippen molar-refractivity contribution in [1.29, 1.82) is 0 Å². The fraction of sp³-hybridized carbons (Fsp3) is 0.361. The Morgan fingerprint density at radius 3 is 2.41 bits per heavy atom. The normalized spacial score (nSPS) is 13.7. The molecule has 0 unspecified atom stereocenters. The molecule has 2 aromatic carbocycles. The van der Waals surface area contributed by atoms with Crippen LogP contribution in [0.5, 0.6) is 5.88 Å². The van der Waals surface area contributed by atoms with Crippen molar-refractivity contribution >= 4 is 11.7 Å². The molecule has 240 valence electrons. The number of rotatable bonds is 14. The molecule has 0 bridgehead atoms.